The average Bonchev–Trinajstić information content (AvgIpc) is 3.15. The monoisotopic (exact) mass is 537 g/mol. The third-order valence-electron chi connectivity index (χ3n) is 7.26. The number of hydrogen-bond donors (Lipinski definition) is 0. The van der Waals surface area contributed by atoms with Crippen LogP contribution in [0.1, 0.15) is 49.6 Å². The number of aryl methyl sites for hydroxylation is 3. The number of fused-ring (bicyclic) bond motifs is 2. The van der Waals surface area contributed by atoms with E-state index in [4.69, 9.17) is 0 Å². The number of amides is 2. The summed E-state index contributed by atoms with van der Waals surface area (Å²) in [5, 5.41) is 0.653. The molecule has 0 fully saturated rings. The van der Waals surface area contributed by atoms with Crippen LogP contribution in [0, 0.1) is 19.8 Å². The van der Waals surface area contributed by atoms with Gasteiger partial charge in [0.05, 0.1) is 11.7 Å². The van der Waals surface area contributed by atoms with Crippen LogP contribution in [0.15, 0.2) is 35.4 Å². The number of benzene rings is 1. The molecule has 0 spiro atoms. The molecule has 0 aliphatic carbocycles. The quantitative estimate of drug-likeness (QED) is 0.487. The first kappa shape index (κ1) is 28.0. The molecular formula is C29H39N5O3S. The van der Waals surface area contributed by atoms with Gasteiger partial charge < -0.3 is 14.7 Å². The first-order valence-corrected chi connectivity index (χ1v) is 14.3. The van der Waals surface area contributed by atoms with Crippen LogP contribution in [-0.2, 0) is 22.7 Å². The Bertz CT molecular complexity index is 1360. The van der Waals surface area contributed by atoms with Crippen molar-refractivity contribution in [3.05, 3.63) is 57.0 Å². The molecule has 0 unspecified atom stereocenters. The SMILES string of the molecule is CC(=O)N1CCCN(CC(C)C)CCN(C(=O)CCn2cnc3sc(C)c(C)c3c2=O)Cc2ccccc21. The van der Waals surface area contributed by atoms with Crippen LogP contribution < -0.4 is 10.5 Å². The third kappa shape index (κ3) is 6.32. The number of rotatable bonds is 5. The first-order valence-electron chi connectivity index (χ1n) is 13.5. The summed E-state index contributed by atoms with van der Waals surface area (Å²) in [5.74, 6) is 0.498. The van der Waals surface area contributed by atoms with Gasteiger partial charge >= 0.3 is 0 Å². The molecule has 9 heteroatoms. The molecule has 3 aromatic rings. The maximum absolute atomic E-state index is 13.6. The molecule has 0 atom stereocenters. The highest BCUT2D eigenvalue weighted by Gasteiger charge is 2.23. The normalized spacial score (nSPS) is 15.5. The Labute approximate surface area is 228 Å². The number of para-hydroxylation sites is 1. The smallest absolute Gasteiger partial charge is 0.262 e. The van der Waals surface area contributed by atoms with E-state index in [1.807, 2.05) is 47.9 Å². The van der Waals surface area contributed by atoms with Crippen molar-refractivity contribution in [1.82, 2.24) is 19.4 Å². The van der Waals surface area contributed by atoms with Crippen molar-refractivity contribution < 1.29 is 9.59 Å². The van der Waals surface area contributed by atoms with Crippen LogP contribution in [0.4, 0.5) is 5.69 Å². The van der Waals surface area contributed by atoms with E-state index in [0.29, 0.717) is 30.9 Å². The standard InChI is InChI=1S/C29H39N5O3S/c1-20(2)17-31-12-8-13-34(23(5)35)25-10-7-6-9-24(25)18-32(16-15-31)26(36)11-14-33-19-30-28-27(29(33)37)21(3)22(4)38-28/h6-7,9-10,19-20H,8,11-18H2,1-5H3. The summed E-state index contributed by atoms with van der Waals surface area (Å²) in [6, 6.07) is 7.86. The van der Waals surface area contributed by atoms with Crippen molar-refractivity contribution in [2.45, 2.75) is 60.5 Å². The number of carbonyl (C=O) groups is 2. The van der Waals surface area contributed by atoms with Gasteiger partial charge in [0.2, 0.25) is 11.8 Å². The van der Waals surface area contributed by atoms with E-state index < -0.39 is 0 Å². The molecule has 2 aromatic heterocycles. The topological polar surface area (TPSA) is 78.8 Å². The highest BCUT2D eigenvalue weighted by Crippen LogP contribution is 2.26. The summed E-state index contributed by atoms with van der Waals surface area (Å²) in [7, 11) is 0. The molecule has 2 amide bonds. The number of hydrogen-bond acceptors (Lipinski definition) is 6. The lowest BCUT2D eigenvalue weighted by Crippen LogP contribution is -2.40. The molecule has 1 aromatic carbocycles. The van der Waals surface area contributed by atoms with Gasteiger partial charge in [-0.25, -0.2) is 4.98 Å². The molecule has 3 heterocycles. The summed E-state index contributed by atoms with van der Waals surface area (Å²) < 4.78 is 1.56. The molecule has 1 aliphatic heterocycles. The van der Waals surface area contributed by atoms with Gasteiger partial charge in [-0.15, -0.1) is 11.3 Å². The second-order valence-corrected chi connectivity index (χ2v) is 11.8. The molecule has 8 nitrogen and oxygen atoms in total. The van der Waals surface area contributed by atoms with Gasteiger partial charge in [-0.2, -0.15) is 0 Å². The van der Waals surface area contributed by atoms with Crippen LogP contribution in [0.5, 0.6) is 0 Å². The number of thiophene rings is 1. The van der Waals surface area contributed by atoms with Gasteiger partial charge in [0.15, 0.2) is 0 Å². The number of anilines is 1. The fraction of sp³-hybridized carbons (Fsp3) is 0.517. The Balaban J connectivity index is 1.59. The number of nitrogens with zero attached hydrogens (tertiary/aromatic N) is 5. The Morgan fingerprint density at radius 2 is 1.84 bits per heavy atom. The molecule has 0 saturated carbocycles. The van der Waals surface area contributed by atoms with Crippen LogP contribution >= 0.6 is 11.3 Å². The lowest BCUT2D eigenvalue weighted by molar-refractivity contribution is -0.132. The summed E-state index contributed by atoms with van der Waals surface area (Å²) in [4.78, 5) is 51.8. The van der Waals surface area contributed by atoms with Gasteiger partial charge in [0.1, 0.15) is 4.83 Å². The summed E-state index contributed by atoms with van der Waals surface area (Å²) >= 11 is 1.53. The maximum Gasteiger partial charge on any atom is 0.262 e. The zero-order valence-electron chi connectivity index (χ0n) is 23.2. The molecule has 0 bridgehead atoms. The molecule has 0 N–H and O–H groups in total. The molecule has 1 aliphatic rings. The highest BCUT2D eigenvalue weighted by atomic mass is 32.1. The van der Waals surface area contributed by atoms with E-state index in [1.165, 1.54) is 11.3 Å². The van der Waals surface area contributed by atoms with Crippen molar-refractivity contribution in [3.8, 4) is 0 Å². The fourth-order valence-electron chi connectivity index (χ4n) is 5.18. The van der Waals surface area contributed by atoms with E-state index in [0.717, 1.165) is 52.6 Å². The van der Waals surface area contributed by atoms with E-state index >= 15 is 0 Å². The largest absolute Gasteiger partial charge is 0.337 e. The lowest BCUT2D eigenvalue weighted by atomic mass is 10.1. The van der Waals surface area contributed by atoms with Crippen molar-refractivity contribution in [2.24, 2.45) is 5.92 Å². The van der Waals surface area contributed by atoms with E-state index in [1.54, 1.807) is 17.8 Å². The third-order valence-corrected chi connectivity index (χ3v) is 8.38. The zero-order chi connectivity index (χ0) is 27.4. The number of carbonyl (C=O) groups excluding carboxylic acids is 2. The Morgan fingerprint density at radius 1 is 1.08 bits per heavy atom. The molecule has 0 radical (unpaired) electrons. The molecule has 0 saturated heterocycles. The van der Waals surface area contributed by atoms with Crippen LogP contribution in [0.3, 0.4) is 0 Å². The second-order valence-electron chi connectivity index (χ2n) is 10.6. The van der Waals surface area contributed by atoms with Crippen LogP contribution in [0.2, 0.25) is 0 Å². The Kier molecular flexibility index (Phi) is 8.99. The van der Waals surface area contributed by atoms with Crippen molar-refractivity contribution in [2.75, 3.05) is 37.6 Å². The summed E-state index contributed by atoms with van der Waals surface area (Å²) in [6.45, 7) is 14.5. The lowest BCUT2D eigenvalue weighted by Gasteiger charge is -2.29. The summed E-state index contributed by atoms with van der Waals surface area (Å²) in [6.07, 6.45) is 2.64. The van der Waals surface area contributed by atoms with Gasteiger partial charge in [0.25, 0.3) is 5.56 Å². The van der Waals surface area contributed by atoms with Gasteiger partial charge in [-0.1, -0.05) is 32.0 Å². The summed E-state index contributed by atoms with van der Waals surface area (Å²) in [5.41, 5.74) is 2.70. The maximum atomic E-state index is 13.6. The second kappa shape index (κ2) is 12.2. The first-order chi connectivity index (χ1) is 18.2. The van der Waals surface area contributed by atoms with E-state index in [9.17, 15) is 14.4 Å². The van der Waals surface area contributed by atoms with Crippen LogP contribution in [0.25, 0.3) is 10.2 Å². The minimum atomic E-state index is -0.0901. The predicted octanol–water partition coefficient (Wildman–Crippen LogP) is 4.21. The fourth-order valence-corrected chi connectivity index (χ4v) is 6.17. The molecule has 38 heavy (non-hydrogen) atoms. The minimum Gasteiger partial charge on any atom is -0.337 e. The van der Waals surface area contributed by atoms with Crippen molar-refractivity contribution in [1.29, 1.82) is 0 Å². The van der Waals surface area contributed by atoms with Gasteiger partial charge in [-0.3, -0.25) is 19.0 Å². The zero-order valence-corrected chi connectivity index (χ0v) is 24.0. The average molecular weight is 538 g/mol. The Morgan fingerprint density at radius 3 is 2.58 bits per heavy atom. The molecule has 4 rings (SSSR count). The van der Waals surface area contributed by atoms with Gasteiger partial charge in [-0.05, 0) is 49.9 Å². The van der Waals surface area contributed by atoms with E-state index in [-0.39, 0.29) is 30.3 Å². The van der Waals surface area contributed by atoms with E-state index in [2.05, 4.69) is 23.7 Å². The number of aromatic nitrogens is 2. The predicted molar refractivity (Wildman–Crippen MR) is 154 cm³/mol. The molecular weight excluding hydrogens is 498 g/mol. The van der Waals surface area contributed by atoms with Crippen molar-refractivity contribution in [3.63, 3.8) is 0 Å². The molecule has 204 valence electrons. The Hall–Kier alpha value is -3.04. The minimum absolute atomic E-state index is 0.00575. The van der Waals surface area contributed by atoms with Crippen molar-refractivity contribution >= 4 is 39.1 Å². The van der Waals surface area contributed by atoms with Crippen LogP contribution in [-0.4, -0.2) is 63.9 Å². The highest BCUT2D eigenvalue weighted by molar-refractivity contribution is 7.18. The van der Waals surface area contributed by atoms with Gasteiger partial charge in [0, 0.05) is 63.2 Å².